The summed E-state index contributed by atoms with van der Waals surface area (Å²) in [5, 5.41) is 3.43. The lowest BCUT2D eigenvalue weighted by Gasteiger charge is -2.13. The lowest BCUT2D eigenvalue weighted by molar-refractivity contribution is 1.11. The zero-order valence-electron chi connectivity index (χ0n) is 12.2. The number of hydrogen-bond donors (Lipinski definition) is 2. The van der Waals surface area contributed by atoms with E-state index in [1.54, 1.807) is 0 Å². The second kappa shape index (κ2) is 5.35. The number of benzene rings is 2. The van der Waals surface area contributed by atoms with Gasteiger partial charge in [-0.2, -0.15) is 0 Å². The molecule has 0 heterocycles. The Morgan fingerprint density at radius 3 is 2.26 bits per heavy atom. The first kappa shape index (κ1) is 13.5. The van der Waals surface area contributed by atoms with Crippen LogP contribution in [-0.4, -0.2) is 0 Å². The molecule has 0 aliphatic carbocycles. The van der Waals surface area contributed by atoms with Crippen LogP contribution >= 0.6 is 0 Å². The molecule has 0 radical (unpaired) electrons. The Morgan fingerprint density at radius 1 is 0.895 bits per heavy atom. The quantitative estimate of drug-likeness (QED) is 0.809. The maximum atomic E-state index is 6.05. The van der Waals surface area contributed by atoms with Crippen LogP contribution in [0.4, 0.5) is 11.4 Å². The van der Waals surface area contributed by atoms with Crippen molar-refractivity contribution in [1.82, 2.24) is 0 Å². The number of hydrogen-bond acceptors (Lipinski definition) is 2. The zero-order chi connectivity index (χ0) is 14.0. The summed E-state index contributed by atoms with van der Waals surface area (Å²) in [4.78, 5) is 0. The van der Waals surface area contributed by atoms with Crippen LogP contribution in [-0.2, 0) is 6.54 Å². The molecule has 0 aliphatic rings. The summed E-state index contributed by atoms with van der Waals surface area (Å²) in [6, 6.07) is 10.7. The Hall–Kier alpha value is -1.96. The van der Waals surface area contributed by atoms with Crippen molar-refractivity contribution in [3.63, 3.8) is 0 Å². The maximum Gasteiger partial charge on any atom is 0.0579 e. The minimum absolute atomic E-state index is 0.804. The van der Waals surface area contributed by atoms with E-state index in [0.717, 1.165) is 17.9 Å². The molecule has 3 N–H and O–H groups in total. The van der Waals surface area contributed by atoms with Gasteiger partial charge in [-0.15, -0.1) is 0 Å². The van der Waals surface area contributed by atoms with Gasteiger partial charge in [0.25, 0.3) is 0 Å². The van der Waals surface area contributed by atoms with Crippen LogP contribution in [0.2, 0.25) is 0 Å². The maximum absolute atomic E-state index is 6.05. The van der Waals surface area contributed by atoms with Crippen molar-refractivity contribution in [3.8, 4) is 0 Å². The number of nitrogens with two attached hydrogens (primary N) is 1. The van der Waals surface area contributed by atoms with Gasteiger partial charge in [0.2, 0.25) is 0 Å². The third kappa shape index (κ3) is 3.08. The first-order valence-electron chi connectivity index (χ1n) is 6.64. The molecule has 0 aliphatic heterocycles. The predicted octanol–water partition coefficient (Wildman–Crippen LogP) is 4.11. The van der Waals surface area contributed by atoms with Crippen LogP contribution in [0.25, 0.3) is 0 Å². The van der Waals surface area contributed by atoms with Gasteiger partial charge in [0.15, 0.2) is 0 Å². The summed E-state index contributed by atoms with van der Waals surface area (Å²) >= 11 is 0. The van der Waals surface area contributed by atoms with Crippen LogP contribution in [0.15, 0.2) is 30.3 Å². The highest BCUT2D eigenvalue weighted by molar-refractivity contribution is 5.68. The lowest BCUT2D eigenvalue weighted by Crippen LogP contribution is -2.05. The molecule has 100 valence electrons. The molecule has 19 heavy (non-hydrogen) atoms. The fourth-order valence-corrected chi connectivity index (χ4v) is 2.23. The van der Waals surface area contributed by atoms with E-state index in [-0.39, 0.29) is 0 Å². The molecule has 2 aromatic rings. The third-order valence-corrected chi connectivity index (χ3v) is 3.63. The molecule has 0 aromatic heterocycles. The number of nitrogens with one attached hydrogen (secondary N) is 1. The fourth-order valence-electron chi connectivity index (χ4n) is 2.23. The largest absolute Gasteiger partial charge is 0.397 e. The molecule has 2 rings (SSSR count). The van der Waals surface area contributed by atoms with Gasteiger partial charge in [-0.25, -0.2) is 0 Å². The van der Waals surface area contributed by atoms with E-state index in [2.05, 4.69) is 57.3 Å². The van der Waals surface area contributed by atoms with Gasteiger partial charge in [0.05, 0.1) is 11.4 Å². The summed E-state index contributed by atoms with van der Waals surface area (Å²) in [5.41, 5.74) is 14.3. The SMILES string of the molecule is Cc1ccc(CNc2cc(C)c(C)cc2N)c(C)c1. The van der Waals surface area contributed by atoms with Crippen molar-refractivity contribution in [2.45, 2.75) is 34.2 Å². The summed E-state index contributed by atoms with van der Waals surface area (Å²) in [7, 11) is 0. The number of aryl methyl sites for hydroxylation is 4. The van der Waals surface area contributed by atoms with Crippen LogP contribution in [0, 0.1) is 27.7 Å². The van der Waals surface area contributed by atoms with Crippen LogP contribution in [0.5, 0.6) is 0 Å². The zero-order valence-corrected chi connectivity index (χ0v) is 12.2. The molecule has 0 amide bonds. The molecule has 2 aromatic carbocycles. The van der Waals surface area contributed by atoms with Crippen molar-refractivity contribution >= 4 is 11.4 Å². The molecular weight excluding hydrogens is 232 g/mol. The van der Waals surface area contributed by atoms with Crippen molar-refractivity contribution < 1.29 is 0 Å². The lowest BCUT2D eigenvalue weighted by atomic mass is 10.0. The molecule has 0 saturated heterocycles. The average molecular weight is 254 g/mol. The summed E-state index contributed by atoms with van der Waals surface area (Å²) in [6.45, 7) is 9.26. The highest BCUT2D eigenvalue weighted by Gasteiger charge is 2.04. The molecular formula is C17H22N2. The Labute approximate surface area is 115 Å². The molecule has 0 atom stereocenters. The van der Waals surface area contributed by atoms with E-state index < -0.39 is 0 Å². The Bertz CT molecular complexity index is 600. The Kier molecular flexibility index (Phi) is 3.79. The normalized spacial score (nSPS) is 10.5. The number of rotatable bonds is 3. The third-order valence-electron chi connectivity index (χ3n) is 3.63. The highest BCUT2D eigenvalue weighted by Crippen LogP contribution is 2.24. The second-order valence-corrected chi connectivity index (χ2v) is 5.31. The molecule has 0 bridgehead atoms. The minimum atomic E-state index is 0.804. The van der Waals surface area contributed by atoms with E-state index in [9.17, 15) is 0 Å². The summed E-state index contributed by atoms with van der Waals surface area (Å²) in [5.74, 6) is 0. The molecule has 2 nitrogen and oxygen atoms in total. The molecule has 2 heteroatoms. The smallest absolute Gasteiger partial charge is 0.0579 e. The van der Waals surface area contributed by atoms with Gasteiger partial charge >= 0.3 is 0 Å². The van der Waals surface area contributed by atoms with Crippen LogP contribution < -0.4 is 11.1 Å². The predicted molar refractivity (Wildman–Crippen MR) is 83.6 cm³/mol. The molecule has 0 fully saturated rings. The Morgan fingerprint density at radius 2 is 1.58 bits per heavy atom. The average Bonchev–Trinajstić information content (AvgIpc) is 2.34. The topological polar surface area (TPSA) is 38.0 Å². The van der Waals surface area contributed by atoms with Gasteiger partial charge in [-0.05, 0) is 62.1 Å². The number of nitrogen functional groups attached to an aromatic ring is 1. The Balaban J connectivity index is 2.16. The first-order chi connectivity index (χ1) is 8.97. The first-order valence-corrected chi connectivity index (χ1v) is 6.64. The summed E-state index contributed by atoms with van der Waals surface area (Å²) < 4.78 is 0. The molecule has 0 saturated carbocycles. The minimum Gasteiger partial charge on any atom is -0.397 e. The van der Waals surface area contributed by atoms with E-state index >= 15 is 0 Å². The van der Waals surface area contributed by atoms with Gasteiger partial charge in [0, 0.05) is 6.54 Å². The van der Waals surface area contributed by atoms with Gasteiger partial charge < -0.3 is 11.1 Å². The standard InChI is InChI=1S/C17H22N2/c1-11-5-6-15(14(4)7-11)10-19-17-9-13(3)12(2)8-16(17)18/h5-9,19H,10,18H2,1-4H3. The van der Waals surface area contributed by atoms with Crippen molar-refractivity contribution in [3.05, 3.63) is 58.1 Å². The van der Waals surface area contributed by atoms with E-state index in [1.165, 1.54) is 27.8 Å². The van der Waals surface area contributed by atoms with Crippen molar-refractivity contribution in [2.75, 3.05) is 11.1 Å². The monoisotopic (exact) mass is 254 g/mol. The van der Waals surface area contributed by atoms with E-state index in [0.29, 0.717) is 0 Å². The van der Waals surface area contributed by atoms with Crippen molar-refractivity contribution in [2.24, 2.45) is 0 Å². The van der Waals surface area contributed by atoms with Crippen LogP contribution in [0.3, 0.4) is 0 Å². The fraction of sp³-hybridized carbons (Fsp3) is 0.294. The van der Waals surface area contributed by atoms with Gasteiger partial charge in [-0.1, -0.05) is 23.8 Å². The van der Waals surface area contributed by atoms with E-state index in [1.807, 2.05) is 6.07 Å². The second-order valence-electron chi connectivity index (χ2n) is 5.31. The number of anilines is 2. The molecule has 0 unspecified atom stereocenters. The van der Waals surface area contributed by atoms with Crippen molar-refractivity contribution in [1.29, 1.82) is 0 Å². The summed E-state index contributed by atoms with van der Waals surface area (Å²) in [6.07, 6.45) is 0. The van der Waals surface area contributed by atoms with E-state index in [4.69, 9.17) is 5.73 Å². The van der Waals surface area contributed by atoms with Gasteiger partial charge in [-0.3, -0.25) is 0 Å². The van der Waals surface area contributed by atoms with Gasteiger partial charge in [0.1, 0.15) is 0 Å². The van der Waals surface area contributed by atoms with Crippen LogP contribution in [0.1, 0.15) is 27.8 Å². The molecule has 0 spiro atoms. The highest BCUT2D eigenvalue weighted by atomic mass is 14.9.